The second-order valence-corrected chi connectivity index (χ2v) is 8.46. The maximum Gasteiger partial charge on any atom is 0.319 e. The molecule has 8 nitrogen and oxygen atoms in total. The lowest BCUT2D eigenvalue weighted by Gasteiger charge is -2.26. The number of rotatable bonds is 11. The van der Waals surface area contributed by atoms with Gasteiger partial charge in [0, 0.05) is 18.8 Å². The van der Waals surface area contributed by atoms with Crippen LogP contribution < -0.4 is 15.4 Å². The van der Waals surface area contributed by atoms with Crippen LogP contribution in [0.5, 0.6) is 5.75 Å². The Balaban J connectivity index is 1.49. The van der Waals surface area contributed by atoms with Crippen molar-refractivity contribution in [1.82, 2.24) is 5.32 Å². The van der Waals surface area contributed by atoms with Crippen molar-refractivity contribution in [2.75, 3.05) is 25.6 Å². The molecule has 0 aliphatic carbocycles. The molecule has 2 amide bonds. The van der Waals surface area contributed by atoms with E-state index in [1.807, 2.05) is 13.8 Å². The number of benzene rings is 1. The average Bonchev–Trinajstić information content (AvgIpc) is 3.21. The summed E-state index contributed by atoms with van der Waals surface area (Å²) in [6, 6.07) is 6.83. The van der Waals surface area contributed by atoms with Gasteiger partial charge in [-0.15, -0.1) is 0 Å². The summed E-state index contributed by atoms with van der Waals surface area (Å²) < 4.78 is 29.2. The fourth-order valence-electron chi connectivity index (χ4n) is 3.88. The van der Waals surface area contributed by atoms with E-state index < -0.39 is 12.1 Å². The molecule has 0 radical (unpaired) electrons. The first-order valence-electron chi connectivity index (χ1n) is 11.2. The van der Waals surface area contributed by atoms with Gasteiger partial charge in [0.05, 0.1) is 7.11 Å². The van der Waals surface area contributed by atoms with Gasteiger partial charge in [0.1, 0.15) is 24.1 Å². The Bertz CT molecular complexity index is 696. The van der Waals surface area contributed by atoms with Gasteiger partial charge in [-0.3, -0.25) is 0 Å². The number of fused-ring (bicyclic) bond motifs is 1. The first kappa shape index (κ1) is 23.8. The Kier molecular flexibility index (Phi) is 8.54. The Morgan fingerprint density at radius 1 is 1.10 bits per heavy atom. The summed E-state index contributed by atoms with van der Waals surface area (Å²) in [7, 11) is 1.60. The number of methoxy groups -OCH3 is 1. The molecule has 0 unspecified atom stereocenters. The molecular formula is C23H36N2O6. The lowest BCUT2D eigenvalue weighted by molar-refractivity contribution is -0.217. The smallest absolute Gasteiger partial charge is 0.319 e. The van der Waals surface area contributed by atoms with Crippen molar-refractivity contribution in [2.45, 2.75) is 83.3 Å². The first-order valence-corrected chi connectivity index (χ1v) is 11.2. The van der Waals surface area contributed by atoms with Gasteiger partial charge in [-0.05, 0) is 44.5 Å². The first-order chi connectivity index (χ1) is 14.9. The number of carbonyl (C=O) groups is 1. The fraction of sp³-hybridized carbons (Fsp3) is 0.696. The molecule has 0 saturated carbocycles. The second kappa shape index (κ2) is 11.1. The minimum atomic E-state index is -0.706. The number of unbranched alkanes of at least 4 members (excludes halogenated alkanes) is 4. The standard InChI is InChI=1S/C23H36N2O6/c1-5-6-7-8-9-14-28-19-18(29-21-20(19)30-23(2,3)31-21)15-24-22(26)25-16-10-12-17(27-4)13-11-16/h10-13,18-21H,5-9,14-15H2,1-4H3,(H2,24,25,26)/t18-,19+,20+,21+/m0/s1. The van der Waals surface area contributed by atoms with Gasteiger partial charge in [-0.1, -0.05) is 32.6 Å². The summed E-state index contributed by atoms with van der Waals surface area (Å²) >= 11 is 0. The van der Waals surface area contributed by atoms with Crippen LogP contribution in [0, 0.1) is 0 Å². The highest BCUT2D eigenvalue weighted by Gasteiger charge is 2.55. The van der Waals surface area contributed by atoms with Gasteiger partial charge in [-0.25, -0.2) is 4.79 Å². The van der Waals surface area contributed by atoms with Gasteiger partial charge in [0.2, 0.25) is 0 Å². The maximum absolute atomic E-state index is 12.3. The van der Waals surface area contributed by atoms with Crippen LogP contribution in [-0.2, 0) is 18.9 Å². The van der Waals surface area contributed by atoms with Crippen LogP contribution in [0.2, 0.25) is 0 Å². The number of amides is 2. The maximum atomic E-state index is 12.3. The third-order valence-corrected chi connectivity index (χ3v) is 5.46. The number of ether oxygens (including phenoxy) is 5. The number of hydrogen-bond acceptors (Lipinski definition) is 6. The van der Waals surface area contributed by atoms with Gasteiger partial charge < -0.3 is 34.3 Å². The van der Waals surface area contributed by atoms with Crippen molar-refractivity contribution in [1.29, 1.82) is 0 Å². The van der Waals surface area contributed by atoms with E-state index in [9.17, 15) is 4.79 Å². The quantitative estimate of drug-likeness (QED) is 0.509. The SMILES string of the molecule is CCCCCCCO[C@H]1[C@H]2OC(C)(C)O[C@H]2O[C@H]1CNC(=O)Nc1ccc(OC)cc1. The molecule has 2 N–H and O–H groups in total. The molecule has 1 aromatic carbocycles. The van der Waals surface area contributed by atoms with Crippen LogP contribution in [0.15, 0.2) is 24.3 Å². The molecule has 174 valence electrons. The van der Waals surface area contributed by atoms with Crippen molar-refractivity contribution in [3.05, 3.63) is 24.3 Å². The van der Waals surface area contributed by atoms with Crippen molar-refractivity contribution in [3.8, 4) is 5.75 Å². The third kappa shape index (κ3) is 6.80. The van der Waals surface area contributed by atoms with Crippen LogP contribution in [0.1, 0.15) is 52.9 Å². The van der Waals surface area contributed by atoms with Crippen LogP contribution >= 0.6 is 0 Å². The zero-order valence-corrected chi connectivity index (χ0v) is 19.0. The molecule has 2 heterocycles. The van der Waals surface area contributed by atoms with Crippen LogP contribution in [-0.4, -0.2) is 56.7 Å². The Morgan fingerprint density at radius 3 is 2.55 bits per heavy atom. The monoisotopic (exact) mass is 436 g/mol. The lowest BCUT2D eigenvalue weighted by Crippen LogP contribution is -2.44. The third-order valence-electron chi connectivity index (χ3n) is 5.46. The summed E-state index contributed by atoms with van der Waals surface area (Å²) in [5.74, 6) is 0.0248. The second-order valence-electron chi connectivity index (χ2n) is 8.46. The van der Waals surface area contributed by atoms with Gasteiger partial charge >= 0.3 is 6.03 Å². The number of anilines is 1. The molecule has 2 saturated heterocycles. The normalized spacial score (nSPS) is 26.5. The van der Waals surface area contributed by atoms with Gasteiger partial charge in [0.25, 0.3) is 0 Å². The van der Waals surface area contributed by atoms with E-state index in [0.29, 0.717) is 18.8 Å². The zero-order valence-electron chi connectivity index (χ0n) is 19.0. The minimum absolute atomic E-state index is 0.292. The summed E-state index contributed by atoms with van der Waals surface area (Å²) in [5.41, 5.74) is 0.677. The molecular weight excluding hydrogens is 400 g/mol. The largest absolute Gasteiger partial charge is 0.497 e. The Morgan fingerprint density at radius 2 is 1.84 bits per heavy atom. The highest BCUT2D eigenvalue weighted by Crippen LogP contribution is 2.38. The molecule has 3 rings (SSSR count). The molecule has 0 bridgehead atoms. The molecule has 2 aliphatic rings. The highest BCUT2D eigenvalue weighted by atomic mass is 16.8. The summed E-state index contributed by atoms with van der Waals surface area (Å²) in [4.78, 5) is 12.3. The molecule has 8 heteroatoms. The summed E-state index contributed by atoms with van der Waals surface area (Å²) in [6.07, 6.45) is 4.39. The van der Waals surface area contributed by atoms with Crippen molar-refractivity contribution < 1.29 is 28.5 Å². The summed E-state index contributed by atoms with van der Waals surface area (Å²) in [6.45, 7) is 6.87. The summed E-state index contributed by atoms with van der Waals surface area (Å²) in [5, 5.41) is 5.67. The van der Waals surface area contributed by atoms with Crippen molar-refractivity contribution in [3.63, 3.8) is 0 Å². The van der Waals surface area contributed by atoms with Gasteiger partial charge in [-0.2, -0.15) is 0 Å². The topological polar surface area (TPSA) is 87.3 Å². The van der Waals surface area contributed by atoms with E-state index in [-0.39, 0.29) is 24.3 Å². The fourth-order valence-corrected chi connectivity index (χ4v) is 3.88. The van der Waals surface area contributed by atoms with Crippen molar-refractivity contribution in [2.24, 2.45) is 0 Å². The van der Waals surface area contributed by atoms with E-state index in [4.69, 9.17) is 23.7 Å². The Hall–Kier alpha value is -1.87. The predicted octanol–water partition coefficient (Wildman–Crippen LogP) is 4.05. The van der Waals surface area contributed by atoms with Crippen LogP contribution in [0.25, 0.3) is 0 Å². The molecule has 4 atom stereocenters. The highest BCUT2D eigenvalue weighted by molar-refractivity contribution is 5.89. The molecule has 2 aliphatic heterocycles. The molecule has 0 spiro atoms. The minimum Gasteiger partial charge on any atom is -0.497 e. The number of hydrogen-bond donors (Lipinski definition) is 2. The predicted molar refractivity (Wildman–Crippen MR) is 117 cm³/mol. The van der Waals surface area contributed by atoms with E-state index in [0.717, 1.165) is 18.6 Å². The zero-order chi connectivity index (χ0) is 22.3. The van der Waals surface area contributed by atoms with E-state index >= 15 is 0 Å². The molecule has 0 aromatic heterocycles. The molecule has 31 heavy (non-hydrogen) atoms. The lowest BCUT2D eigenvalue weighted by atomic mass is 10.1. The Labute approximate surface area is 184 Å². The number of nitrogens with one attached hydrogen (secondary N) is 2. The van der Waals surface area contributed by atoms with E-state index in [2.05, 4.69) is 17.6 Å². The molecule has 1 aromatic rings. The number of urea groups is 1. The number of carbonyl (C=O) groups excluding carboxylic acids is 1. The molecule has 2 fully saturated rings. The van der Waals surface area contributed by atoms with Gasteiger partial charge in [0.15, 0.2) is 12.1 Å². The van der Waals surface area contributed by atoms with Crippen LogP contribution in [0.3, 0.4) is 0 Å². The average molecular weight is 437 g/mol. The van der Waals surface area contributed by atoms with E-state index in [1.54, 1.807) is 31.4 Å². The van der Waals surface area contributed by atoms with Crippen molar-refractivity contribution >= 4 is 11.7 Å². The van der Waals surface area contributed by atoms with Crippen LogP contribution in [0.4, 0.5) is 10.5 Å². The van der Waals surface area contributed by atoms with E-state index in [1.165, 1.54) is 19.3 Å².